The maximum Gasteiger partial charge on any atom is 0.220 e. The fourth-order valence-electron chi connectivity index (χ4n) is 2.72. The van der Waals surface area contributed by atoms with Crippen LogP contribution in [0.5, 0.6) is 5.75 Å². The fraction of sp³-hybridized carbons (Fsp3) is 0.611. The van der Waals surface area contributed by atoms with Crippen LogP contribution in [-0.4, -0.2) is 68.1 Å². The van der Waals surface area contributed by atoms with Gasteiger partial charge in [-0.05, 0) is 32.5 Å². The van der Waals surface area contributed by atoms with Gasteiger partial charge in [-0.25, -0.2) is 4.39 Å². The second kappa shape index (κ2) is 9.59. The zero-order valence-electron chi connectivity index (χ0n) is 14.6. The molecule has 0 spiro atoms. The summed E-state index contributed by atoms with van der Waals surface area (Å²) in [7, 11) is 2.13. The third-order valence-corrected chi connectivity index (χ3v) is 4.37. The molecule has 1 atom stereocenters. The monoisotopic (exact) mass is 337 g/mol. The van der Waals surface area contributed by atoms with E-state index in [-0.39, 0.29) is 11.7 Å². The van der Waals surface area contributed by atoms with Gasteiger partial charge in [-0.2, -0.15) is 0 Å². The van der Waals surface area contributed by atoms with Crippen molar-refractivity contribution in [3.63, 3.8) is 0 Å². The standard InChI is InChI=1S/C18H28FN3O2/c1-15(22-10-8-21(2)9-11-22)14-20-18(23)7-4-12-24-17-6-3-5-16(19)13-17/h3,5-6,13,15H,4,7-12,14H2,1-2H3,(H,20,23). The molecular weight excluding hydrogens is 309 g/mol. The fourth-order valence-corrected chi connectivity index (χ4v) is 2.72. The molecule has 0 bridgehead atoms. The molecule has 1 aromatic carbocycles. The van der Waals surface area contributed by atoms with Crippen LogP contribution in [0.3, 0.4) is 0 Å². The van der Waals surface area contributed by atoms with Crippen LogP contribution >= 0.6 is 0 Å². The predicted octanol–water partition coefficient (Wildman–Crippen LogP) is 1.74. The average Bonchev–Trinajstić information content (AvgIpc) is 2.57. The lowest BCUT2D eigenvalue weighted by Gasteiger charge is -2.36. The highest BCUT2D eigenvalue weighted by atomic mass is 19.1. The highest BCUT2D eigenvalue weighted by Gasteiger charge is 2.19. The summed E-state index contributed by atoms with van der Waals surface area (Å²) >= 11 is 0. The van der Waals surface area contributed by atoms with Crippen LogP contribution in [0.1, 0.15) is 19.8 Å². The van der Waals surface area contributed by atoms with Gasteiger partial charge in [-0.15, -0.1) is 0 Å². The Bertz CT molecular complexity index is 519. The highest BCUT2D eigenvalue weighted by Crippen LogP contribution is 2.12. The molecule has 1 aliphatic heterocycles. The van der Waals surface area contributed by atoms with Gasteiger partial charge < -0.3 is 15.0 Å². The van der Waals surface area contributed by atoms with Crippen molar-refractivity contribution >= 4 is 5.91 Å². The number of nitrogens with one attached hydrogen (secondary N) is 1. The molecule has 1 saturated heterocycles. The number of hydrogen-bond acceptors (Lipinski definition) is 4. The van der Waals surface area contributed by atoms with Gasteiger partial charge in [0.1, 0.15) is 11.6 Å². The Morgan fingerprint density at radius 1 is 1.33 bits per heavy atom. The van der Waals surface area contributed by atoms with Gasteiger partial charge in [-0.3, -0.25) is 9.69 Å². The average molecular weight is 337 g/mol. The third kappa shape index (κ3) is 6.45. The maximum atomic E-state index is 13.0. The molecule has 0 saturated carbocycles. The van der Waals surface area contributed by atoms with E-state index in [0.717, 1.165) is 26.2 Å². The summed E-state index contributed by atoms with van der Waals surface area (Å²) in [6.07, 6.45) is 1.04. The first kappa shape index (κ1) is 18.7. The molecule has 1 aliphatic rings. The number of ether oxygens (including phenoxy) is 1. The molecular formula is C18H28FN3O2. The van der Waals surface area contributed by atoms with E-state index in [9.17, 15) is 9.18 Å². The van der Waals surface area contributed by atoms with E-state index in [4.69, 9.17) is 4.74 Å². The minimum Gasteiger partial charge on any atom is -0.493 e. The molecule has 0 radical (unpaired) electrons. The van der Waals surface area contributed by atoms with Gasteiger partial charge in [0.2, 0.25) is 5.91 Å². The van der Waals surface area contributed by atoms with E-state index in [1.807, 2.05) is 0 Å². The van der Waals surface area contributed by atoms with Crippen LogP contribution in [0.25, 0.3) is 0 Å². The molecule has 0 aliphatic carbocycles. The van der Waals surface area contributed by atoms with E-state index in [1.165, 1.54) is 12.1 Å². The third-order valence-electron chi connectivity index (χ3n) is 4.37. The van der Waals surface area contributed by atoms with Crippen molar-refractivity contribution in [3.05, 3.63) is 30.1 Å². The number of carbonyl (C=O) groups excluding carboxylic acids is 1. The first-order valence-corrected chi connectivity index (χ1v) is 8.62. The number of piperazine rings is 1. The van der Waals surface area contributed by atoms with E-state index in [2.05, 4.69) is 29.1 Å². The van der Waals surface area contributed by atoms with Crippen LogP contribution < -0.4 is 10.1 Å². The van der Waals surface area contributed by atoms with Crippen LogP contribution in [0.2, 0.25) is 0 Å². The largest absolute Gasteiger partial charge is 0.493 e. The molecule has 24 heavy (non-hydrogen) atoms. The molecule has 1 fully saturated rings. The second-order valence-corrected chi connectivity index (χ2v) is 6.40. The lowest BCUT2D eigenvalue weighted by molar-refractivity contribution is -0.121. The topological polar surface area (TPSA) is 44.8 Å². The summed E-state index contributed by atoms with van der Waals surface area (Å²) < 4.78 is 18.4. The van der Waals surface area contributed by atoms with Crippen molar-refractivity contribution < 1.29 is 13.9 Å². The minimum absolute atomic E-state index is 0.0406. The van der Waals surface area contributed by atoms with Gasteiger partial charge in [0.05, 0.1) is 6.61 Å². The van der Waals surface area contributed by atoms with Crippen molar-refractivity contribution in [2.24, 2.45) is 0 Å². The van der Waals surface area contributed by atoms with Crippen LogP contribution in [0, 0.1) is 5.82 Å². The quantitative estimate of drug-likeness (QED) is 0.734. The van der Waals surface area contributed by atoms with E-state index in [1.54, 1.807) is 12.1 Å². The second-order valence-electron chi connectivity index (χ2n) is 6.40. The van der Waals surface area contributed by atoms with Gasteiger partial charge in [0.15, 0.2) is 0 Å². The van der Waals surface area contributed by atoms with Crippen LogP contribution in [0.4, 0.5) is 4.39 Å². The Hall–Kier alpha value is -1.66. The lowest BCUT2D eigenvalue weighted by atomic mass is 10.2. The highest BCUT2D eigenvalue weighted by molar-refractivity contribution is 5.75. The number of amides is 1. The molecule has 134 valence electrons. The van der Waals surface area contributed by atoms with E-state index in [0.29, 0.717) is 37.8 Å². The molecule has 6 heteroatoms. The number of hydrogen-bond donors (Lipinski definition) is 1. The summed E-state index contributed by atoms with van der Waals surface area (Å²) in [6, 6.07) is 6.39. The Morgan fingerprint density at radius 3 is 2.79 bits per heavy atom. The molecule has 0 aromatic heterocycles. The zero-order valence-corrected chi connectivity index (χ0v) is 14.6. The predicted molar refractivity (Wildman–Crippen MR) is 92.7 cm³/mol. The van der Waals surface area contributed by atoms with Crippen molar-refractivity contribution in [1.82, 2.24) is 15.1 Å². The van der Waals surface area contributed by atoms with Gasteiger partial charge in [0.25, 0.3) is 0 Å². The molecule has 1 heterocycles. The summed E-state index contributed by atoms with van der Waals surface area (Å²) in [4.78, 5) is 16.6. The number of carbonyl (C=O) groups is 1. The molecule has 1 N–H and O–H groups in total. The van der Waals surface area contributed by atoms with Crippen molar-refractivity contribution in [3.8, 4) is 5.75 Å². The summed E-state index contributed by atoms with van der Waals surface area (Å²) in [5.41, 5.74) is 0. The Balaban J connectivity index is 1.56. The number of likely N-dealkylation sites (N-methyl/N-ethyl adjacent to an activating group) is 1. The summed E-state index contributed by atoms with van der Waals surface area (Å²) in [6.45, 7) is 7.49. The van der Waals surface area contributed by atoms with Crippen molar-refractivity contribution in [2.45, 2.75) is 25.8 Å². The summed E-state index contributed by atoms with van der Waals surface area (Å²) in [5, 5.41) is 2.99. The zero-order chi connectivity index (χ0) is 17.4. The van der Waals surface area contributed by atoms with Gasteiger partial charge >= 0.3 is 0 Å². The molecule has 5 nitrogen and oxygen atoms in total. The first-order valence-electron chi connectivity index (χ1n) is 8.62. The molecule has 1 aromatic rings. The number of nitrogens with zero attached hydrogens (tertiary/aromatic N) is 2. The minimum atomic E-state index is -0.317. The Labute approximate surface area is 143 Å². The SMILES string of the molecule is CC(CNC(=O)CCCOc1cccc(F)c1)N1CCN(C)CC1. The van der Waals surface area contributed by atoms with Gasteiger partial charge in [-0.1, -0.05) is 6.07 Å². The van der Waals surface area contributed by atoms with E-state index < -0.39 is 0 Å². The van der Waals surface area contributed by atoms with Crippen molar-refractivity contribution in [2.75, 3.05) is 46.4 Å². The number of benzene rings is 1. The van der Waals surface area contributed by atoms with E-state index >= 15 is 0 Å². The molecule has 1 amide bonds. The number of halogens is 1. The first-order chi connectivity index (χ1) is 11.5. The smallest absolute Gasteiger partial charge is 0.220 e. The lowest BCUT2D eigenvalue weighted by Crippen LogP contribution is -2.51. The number of rotatable bonds is 8. The molecule has 1 unspecified atom stereocenters. The van der Waals surface area contributed by atoms with Crippen LogP contribution in [0.15, 0.2) is 24.3 Å². The Morgan fingerprint density at radius 2 is 2.08 bits per heavy atom. The van der Waals surface area contributed by atoms with Gasteiger partial charge in [0, 0.05) is 51.3 Å². The molecule has 2 rings (SSSR count). The normalized spacial score (nSPS) is 17.5. The van der Waals surface area contributed by atoms with Crippen LogP contribution in [-0.2, 0) is 4.79 Å². The Kier molecular flexibility index (Phi) is 7.46. The van der Waals surface area contributed by atoms with Crippen molar-refractivity contribution in [1.29, 1.82) is 0 Å². The summed E-state index contributed by atoms with van der Waals surface area (Å²) in [5.74, 6) is 0.223. The maximum absolute atomic E-state index is 13.0.